The predicted molar refractivity (Wildman–Crippen MR) is 80.9 cm³/mol. The third-order valence-electron chi connectivity index (χ3n) is 4.09. The number of benzene rings is 1. The molecule has 1 fully saturated rings. The lowest BCUT2D eigenvalue weighted by Gasteiger charge is -2.35. The predicted octanol–water partition coefficient (Wildman–Crippen LogP) is 2.38. The number of H-pyrrole nitrogens is 1. The van der Waals surface area contributed by atoms with Gasteiger partial charge in [-0.1, -0.05) is 18.2 Å². The molecule has 1 unspecified atom stereocenters. The Morgan fingerprint density at radius 2 is 2.25 bits per heavy atom. The lowest BCUT2D eigenvalue weighted by molar-refractivity contribution is 0.0610. The number of aromatic nitrogens is 1. The van der Waals surface area contributed by atoms with E-state index in [2.05, 4.69) is 10.3 Å². The number of piperidine rings is 1. The van der Waals surface area contributed by atoms with Crippen molar-refractivity contribution in [1.82, 2.24) is 15.2 Å². The van der Waals surface area contributed by atoms with Gasteiger partial charge in [-0.15, -0.1) is 0 Å². The zero-order valence-electron chi connectivity index (χ0n) is 11.9. The normalized spacial score (nSPS) is 19.4. The topological polar surface area (TPSA) is 48.1 Å². The Labute approximate surface area is 119 Å². The van der Waals surface area contributed by atoms with Crippen LogP contribution in [0, 0.1) is 0 Å². The van der Waals surface area contributed by atoms with E-state index in [1.807, 2.05) is 42.3 Å². The van der Waals surface area contributed by atoms with Crippen molar-refractivity contribution < 1.29 is 4.79 Å². The summed E-state index contributed by atoms with van der Waals surface area (Å²) in [6.07, 6.45) is 3.40. The van der Waals surface area contributed by atoms with Crippen LogP contribution in [-0.2, 0) is 0 Å². The van der Waals surface area contributed by atoms with Gasteiger partial charge >= 0.3 is 0 Å². The standard InChI is InChI=1S/C16H21N3O/c1-17-11-13-7-4-5-9-19(13)16(20)15-10-12-6-2-3-8-14(12)18-15/h2-3,6,8,10,13,17-18H,4-5,7,9,11H2,1H3. The number of aromatic amines is 1. The van der Waals surface area contributed by atoms with Crippen LogP contribution in [0.25, 0.3) is 10.9 Å². The van der Waals surface area contributed by atoms with E-state index in [0.717, 1.165) is 36.8 Å². The Hall–Kier alpha value is -1.81. The van der Waals surface area contributed by atoms with E-state index in [1.54, 1.807) is 0 Å². The minimum Gasteiger partial charge on any atom is -0.351 e. The van der Waals surface area contributed by atoms with Gasteiger partial charge in [0.25, 0.3) is 5.91 Å². The number of likely N-dealkylation sites (tertiary alicyclic amines) is 1. The number of carbonyl (C=O) groups is 1. The monoisotopic (exact) mass is 271 g/mol. The highest BCUT2D eigenvalue weighted by Crippen LogP contribution is 2.21. The Morgan fingerprint density at radius 3 is 3.05 bits per heavy atom. The smallest absolute Gasteiger partial charge is 0.270 e. The highest BCUT2D eigenvalue weighted by atomic mass is 16.2. The van der Waals surface area contributed by atoms with E-state index in [9.17, 15) is 4.79 Å². The molecule has 2 aromatic rings. The summed E-state index contributed by atoms with van der Waals surface area (Å²) in [5, 5.41) is 4.29. The molecule has 4 heteroatoms. The van der Waals surface area contributed by atoms with Crippen molar-refractivity contribution in [2.75, 3.05) is 20.1 Å². The Balaban J connectivity index is 1.86. The molecule has 0 aliphatic carbocycles. The zero-order chi connectivity index (χ0) is 13.9. The summed E-state index contributed by atoms with van der Waals surface area (Å²) < 4.78 is 0. The first-order valence-electron chi connectivity index (χ1n) is 7.33. The van der Waals surface area contributed by atoms with E-state index < -0.39 is 0 Å². The summed E-state index contributed by atoms with van der Waals surface area (Å²) in [6, 6.07) is 10.3. The van der Waals surface area contributed by atoms with Crippen molar-refractivity contribution in [2.45, 2.75) is 25.3 Å². The van der Waals surface area contributed by atoms with E-state index in [0.29, 0.717) is 11.7 Å². The largest absolute Gasteiger partial charge is 0.351 e. The highest BCUT2D eigenvalue weighted by Gasteiger charge is 2.27. The maximum atomic E-state index is 12.7. The van der Waals surface area contributed by atoms with Crippen molar-refractivity contribution in [3.63, 3.8) is 0 Å². The van der Waals surface area contributed by atoms with Gasteiger partial charge in [0.05, 0.1) is 0 Å². The average Bonchev–Trinajstić information content (AvgIpc) is 2.91. The second-order valence-electron chi connectivity index (χ2n) is 5.48. The second-order valence-corrected chi connectivity index (χ2v) is 5.48. The number of hydrogen-bond donors (Lipinski definition) is 2. The first-order chi connectivity index (χ1) is 9.79. The molecule has 3 rings (SSSR count). The van der Waals surface area contributed by atoms with Gasteiger partial charge in [0, 0.05) is 30.0 Å². The van der Waals surface area contributed by atoms with E-state index in [4.69, 9.17) is 0 Å². The fourth-order valence-corrected chi connectivity index (χ4v) is 3.06. The summed E-state index contributed by atoms with van der Waals surface area (Å²) in [5.74, 6) is 0.126. The van der Waals surface area contributed by atoms with Crippen molar-refractivity contribution >= 4 is 16.8 Å². The lowest BCUT2D eigenvalue weighted by atomic mass is 10.0. The molecule has 1 aliphatic heterocycles. The van der Waals surface area contributed by atoms with Crippen LogP contribution >= 0.6 is 0 Å². The second kappa shape index (κ2) is 5.67. The van der Waals surface area contributed by atoms with Gasteiger partial charge in [0.1, 0.15) is 5.69 Å². The number of nitrogens with one attached hydrogen (secondary N) is 2. The SMILES string of the molecule is CNCC1CCCCN1C(=O)c1cc2ccccc2[nH]1. The minimum atomic E-state index is 0.126. The van der Waals surface area contributed by atoms with Gasteiger partial charge in [-0.2, -0.15) is 0 Å². The fourth-order valence-electron chi connectivity index (χ4n) is 3.06. The molecule has 106 valence electrons. The molecule has 0 spiro atoms. The van der Waals surface area contributed by atoms with Crippen molar-refractivity contribution in [1.29, 1.82) is 0 Å². The molecule has 0 radical (unpaired) electrons. The van der Waals surface area contributed by atoms with Gasteiger partial charge in [-0.05, 0) is 38.4 Å². The van der Waals surface area contributed by atoms with Crippen LogP contribution in [0.3, 0.4) is 0 Å². The van der Waals surface area contributed by atoms with Crippen LogP contribution in [0.1, 0.15) is 29.8 Å². The van der Waals surface area contributed by atoms with Crippen LogP contribution < -0.4 is 5.32 Å². The number of hydrogen-bond acceptors (Lipinski definition) is 2. The fraction of sp³-hybridized carbons (Fsp3) is 0.438. The number of fused-ring (bicyclic) bond motifs is 1. The molecule has 1 aromatic heterocycles. The van der Waals surface area contributed by atoms with Crippen molar-refractivity contribution in [2.24, 2.45) is 0 Å². The number of rotatable bonds is 3. The Bertz CT molecular complexity index is 570. The van der Waals surface area contributed by atoms with E-state index in [-0.39, 0.29) is 5.91 Å². The lowest BCUT2D eigenvalue weighted by Crippen LogP contribution is -2.48. The average molecular weight is 271 g/mol. The Kier molecular flexibility index (Phi) is 3.74. The quantitative estimate of drug-likeness (QED) is 0.900. The Morgan fingerprint density at radius 1 is 1.40 bits per heavy atom. The van der Waals surface area contributed by atoms with E-state index in [1.165, 1.54) is 6.42 Å². The molecular weight excluding hydrogens is 250 g/mol. The number of carbonyl (C=O) groups excluding carboxylic acids is 1. The zero-order valence-corrected chi connectivity index (χ0v) is 11.9. The van der Waals surface area contributed by atoms with Crippen molar-refractivity contribution in [3.05, 3.63) is 36.0 Å². The van der Waals surface area contributed by atoms with Crippen LogP contribution in [0.15, 0.2) is 30.3 Å². The van der Waals surface area contributed by atoms with Gasteiger partial charge < -0.3 is 15.2 Å². The molecule has 0 saturated carbocycles. The summed E-state index contributed by atoms with van der Waals surface area (Å²) >= 11 is 0. The summed E-state index contributed by atoms with van der Waals surface area (Å²) in [5.41, 5.74) is 1.73. The van der Waals surface area contributed by atoms with Crippen molar-refractivity contribution in [3.8, 4) is 0 Å². The summed E-state index contributed by atoms with van der Waals surface area (Å²) in [7, 11) is 1.94. The maximum Gasteiger partial charge on any atom is 0.270 e. The molecule has 1 amide bonds. The first-order valence-corrected chi connectivity index (χ1v) is 7.33. The summed E-state index contributed by atoms with van der Waals surface area (Å²) in [6.45, 7) is 1.73. The number of likely N-dealkylation sites (N-methyl/N-ethyl adjacent to an activating group) is 1. The molecule has 1 saturated heterocycles. The van der Waals surface area contributed by atoms with Gasteiger partial charge in [-0.25, -0.2) is 0 Å². The van der Waals surface area contributed by atoms with Crippen LogP contribution in [0.2, 0.25) is 0 Å². The molecule has 20 heavy (non-hydrogen) atoms. The molecular formula is C16H21N3O. The summed E-state index contributed by atoms with van der Waals surface area (Å²) in [4.78, 5) is 18.0. The van der Waals surface area contributed by atoms with Crippen LogP contribution in [0.5, 0.6) is 0 Å². The van der Waals surface area contributed by atoms with Gasteiger partial charge in [-0.3, -0.25) is 4.79 Å². The highest BCUT2D eigenvalue weighted by molar-refractivity contribution is 5.98. The molecule has 2 N–H and O–H groups in total. The van der Waals surface area contributed by atoms with Crippen LogP contribution in [0.4, 0.5) is 0 Å². The van der Waals surface area contributed by atoms with Crippen LogP contribution in [-0.4, -0.2) is 42.0 Å². The molecule has 1 aromatic carbocycles. The maximum absolute atomic E-state index is 12.7. The molecule has 4 nitrogen and oxygen atoms in total. The number of nitrogens with zero attached hydrogens (tertiary/aromatic N) is 1. The molecule has 2 heterocycles. The number of para-hydroxylation sites is 1. The minimum absolute atomic E-state index is 0.126. The third-order valence-corrected chi connectivity index (χ3v) is 4.09. The third kappa shape index (κ3) is 2.43. The molecule has 1 aliphatic rings. The number of amides is 1. The van der Waals surface area contributed by atoms with Gasteiger partial charge in [0.15, 0.2) is 0 Å². The molecule has 0 bridgehead atoms. The first kappa shape index (κ1) is 13.2. The van der Waals surface area contributed by atoms with Gasteiger partial charge in [0.2, 0.25) is 0 Å². The van der Waals surface area contributed by atoms with E-state index >= 15 is 0 Å². The molecule has 1 atom stereocenters.